The number of halogens is 1. The van der Waals surface area contributed by atoms with E-state index in [1.807, 2.05) is 0 Å². The van der Waals surface area contributed by atoms with Crippen LogP contribution < -0.4 is 5.32 Å². The minimum atomic E-state index is 0.450. The molecule has 0 saturated carbocycles. The summed E-state index contributed by atoms with van der Waals surface area (Å²) < 4.78 is 1.14. The normalized spacial score (nSPS) is 13.2. The standard InChI is InChI=1S/C16H27BrN2/c1-5-18-16(11-12-19(6-2)13(3)4)14-7-9-15(17)10-8-14/h7-10,13,16,18H,5-6,11-12H2,1-4H3. The van der Waals surface area contributed by atoms with E-state index in [1.54, 1.807) is 0 Å². The van der Waals surface area contributed by atoms with Crippen molar-refractivity contribution in [1.29, 1.82) is 0 Å². The summed E-state index contributed by atoms with van der Waals surface area (Å²) >= 11 is 3.50. The first-order chi connectivity index (χ1) is 9.08. The first-order valence-electron chi connectivity index (χ1n) is 7.31. The molecular weight excluding hydrogens is 300 g/mol. The zero-order chi connectivity index (χ0) is 14.3. The Hall–Kier alpha value is -0.380. The first-order valence-corrected chi connectivity index (χ1v) is 8.10. The number of hydrogen-bond donors (Lipinski definition) is 1. The van der Waals surface area contributed by atoms with Gasteiger partial charge in [-0.2, -0.15) is 0 Å². The lowest BCUT2D eigenvalue weighted by Gasteiger charge is -2.27. The van der Waals surface area contributed by atoms with Gasteiger partial charge in [-0.25, -0.2) is 0 Å². The van der Waals surface area contributed by atoms with Crippen LogP contribution in [0.1, 0.15) is 45.7 Å². The van der Waals surface area contributed by atoms with Gasteiger partial charge in [0.2, 0.25) is 0 Å². The summed E-state index contributed by atoms with van der Waals surface area (Å²) in [6.07, 6.45) is 1.15. The average Bonchev–Trinajstić information content (AvgIpc) is 2.39. The molecule has 1 atom stereocenters. The van der Waals surface area contributed by atoms with Crippen molar-refractivity contribution in [3.63, 3.8) is 0 Å². The second kappa shape index (κ2) is 8.72. The molecule has 1 aromatic carbocycles. The average molecular weight is 327 g/mol. The number of rotatable bonds is 8. The van der Waals surface area contributed by atoms with E-state index >= 15 is 0 Å². The molecular formula is C16H27BrN2. The van der Waals surface area contributed by atoms with Gasteiger partial charge in [0.25, 0.3) is 0 Å². The summed E-state index contributed by atoms with van der Waals surface area (Å²) in [5.74, 6) is 0. The minimum Gasteiger partial charge on any atom is -0.310 e. The maximum Gasteiger partial charge on any atom is 0.0332 e. The van der Waals surface area contributed by atoms with Crippen LogP contribution in [0.25, 0.3) is 0 Å². The zero-order valence-electron chi connectivity index (χ0n) is 12.6. The first kappa shape index (κ1) is 16.7. The number of hydrogen-bond acceptors (Lipinski definition) is 2. The molecule has 0 aliphatic heterocycles. The van der Waals surface area contributed by atoms with Crippen molar-refractivity contribution in [2.75, 3.05) is 19.6 Å². The molecule has 0 aliphatic rings. The molecule has 1 rings (SSSR count). The summed E-state index contributed by atoms with van der Waals surface area (Å²) in [5, 5.41) is 3.59. The maximum absolute atomic E-state index is 3.59. The Morgan fingerprint density at radius 3 is 2.26 bits per heavy atom. The fourth-order valence-electron chi connectivity index (χ4n) is 2.40. The maximum atomic E-state index is 3.59. The summed E-state index contributed by atoms with van der Waals surface area (Å²) in [5.41, 5.74) is 1.38. The SMILES string of the molecule is CCNC(CCN(CC)C(C)C)c1ccc(Br)cc1. The van der Waals surface area contributed by atoms with Crippen LogP contribution >= 0.6 is 15.9 Å². The lowest BCUT2D eigenvalue weighted by Crippen LogP contribution is -2.34. The molecule has 0 spiro atoms. The Morgan fingerprint density at radius 2 is 1.79 bits per heavy atom. The Labute approximate surface area is 126 Å². The number of benzene rings is 1. The van der Waals surface area contributed by atoms with E-state index in [4.69, 9.17) is 0 Å². The van der Waals surface area contributed by atoms with Crippen LogP contribution in [0.5, 0.6) is 0 Å². The van der Waals surface area contributed by atoms with Gasteiger partial charge < -0.3 is 10.2 Å². The van der Waals surface area contributed by atoms with Crippen molar-refractivity contribution in [3.8, 4) is 0 Å². The molecule has 3 heteroatoms. The largest absolute Gasteiger partial charge is 0.310 e. The van der Waals surface area contributed by atoms with Gasteiger partial charge in [0.1, 0.15) is 0 Å². The summed E-state index contributed by atoms with van der Waals surface area (Å²) in [6, 6.07) is 9.74. The molecule has 0 saturated heterocycles. The lowest BCUT2D eigenvalue weighted by atomic mass is 10.0. The van der Waals surface area contributed by atoms with Crippen molar-refractivity contribution < 1.29 is 0 Å². The van der Waals surface area contributed by atoms with Crippen LogP contribution in [0.4, 0.5) is 0 Å². The molecule has 0 amide bonds. The third-order valence-electron chi connectivity index (χ3n) is 3.56. The quantitative estimate of drug-likeness (QED) is 0.769. The number of nitrogens with one attached hydrogen (secondary N) is 1. The molecule has 1 unspecified atom stereocenters. The van der Waals surface area contributed by atoms with Crippen molar-refractivity contribution in [3.05, 3.63) is 34.3 Å². The highest BCUT2D eigenvalue weighted by molar-refractivity contribution is 9.10. The Bertz CT molecular complexity index is 348. The summed E-state index contributed by atoms with van der Waals surface area (Å²) in [6.45, 7) is 12.2. The van der Waals surface area contributed by atoms with Crippen molar-refractivity contribution >= 4 is 15.9 Å². The van der Waals surface area contributed by atoms with E-state index in [9.17, 15) is 0 Å². The van der Waals surface area contributed by atoms with Crippen LogP contribution in [-0.4, -0.2) is 30.6 Å². The van der Waals surface area contributed by atoms with Gasteiger partial charge in [0.05, 0.1) is 0 Å². The van der Waals surface area contributed by atoms with Crippen molar-refractivity contribution in [2.24, 2.45) is 0 Å². The fourth-order valence-corrected chi connectivity index (χ4v) is 2.67. The molecule has 0 radical (unpaired) electrons. The Morgan fingerprint density at radius 1 is 1.16 bits per heavy atom. The van der Waals surface area contributed by atoms with E-state index in [-0.39, 0.29) is 0 Å². The summed E-state index contributed by atoms with van der Waals surface area (Å²) in [7, 11) is 0. The van der Waals surface area contributed by atoms with Crippen molar-refractivity contribution in [1.82, 2.24) is 10.2 Å². The van der Waals surface area contributed by atoms with Crippen LogP contribution in [0.15, 0.2) is 28.7 Å². The topological polar surface area (TPSA) is 15.3 Å². The number of nitrogens with zero attached hydrogens (tertiary/aromatic N) is 1. The van der Waals surface area contributed by atoms with Gasteiger partial charge in [-0.1, -0.05) is 41.9 Å². The van der Waals surface area contributed by atoms with Gasteiger partial charge >= 0.3 is 0 Å². The van der Waals surface area contributed by atoms with E-state index < -0.39 is 0 Å². The minimum absolute atomic E-state index is 0.450. The third kappa shape index (κ3) is 5.64. The second-order valence-corrected chi connectivity index (χ2v) is 6.09. The van der Waals surface area contributed by atoms with Crippen LogP contribution in [0, 0.1) is 0 Å². The van der Waals surface area contributed by atoms with Gasteiger partial charge in [0, 0.05) is 23.1 Å². The second-order valence-electron chi connectivity index (χ2n) is 5.17. The molecule has 0 aromatic heterocycles. The van der Waals surface area contributed by atoms with Crippen LogP contribution in [0.2, 0.25) is 0 Å². The highest BCUT2D eigenvalue weighted by atomic mass is 79.9. The summed E-state index contributed by atoms with van der Waals surface area (Å²) in [4.78, 5) is 2.52. The van der Waals surface area contributed by atoms with Gasteiger partial charge in [-0.3, -0.25) is 0 Å². The Kier molecular flexibility index (Phi) is 7.66. The fraction of sp³-hybridized carbons (Fsp3) is 0.625. The molecule has 2 nitrogen and oxygen atoms in total. The molecule has 1 aromatic rings. The molecule has 108 valence electrons. The van der Waals surface area contributed by atoms with E-state index in [0.717, 1.165) is 30.5 Å². The molecule has 0 bridgehead atoms. The van der Waals surface area contributed by atoms with E-state index in [0.29, 0.717) is 12.1 Å². The van der Waals surface area contributed by atoms with Gasteiger partial charge in [-0.15, -0.1) is 0 Å². The van der Waals surface area contributed by atoms with E-state index in [2.05, 4.69) is 78.1 Å². The zero-order valence-corrected chi connectivity index (χ0v) is 14.2. The molecule has 0 aliphatic carbocycles. The van der Waals surface area contributed by atoms with E-state index in [1.165, 1.54) is 5.56 Å². The molecule has 19 heavy (non-hydrogen) atoms. The molecule has 1 N–H and O–H groups in total. The molecule has 0 heterocycles. The Balaban J connectivity index is 2.64. The monoisotopic (exact) mass is 326 g/mol. The smallest absolute Gasteiger partial charge is 0.0332 e. The highest BCUT2D eigenvalue weighted by Crippen LogP contribution is 2.20. The van der Waals surface area contributed by atoms with Crippen molar-refractivity contribution in [2.45, 2.75) is 46.2 Å². The lowest BCUT2D eigenvalue weighted by molar-refractivity contribution is 0.220. The highest BCUT2D eigenvalue weighted by Gasteiger charge is 2.13. The molecule has 0 fully saturated rings. The van der Waals surface area contributed by atoms with Crippen LogP contribution in [-0.2, 0) is 0 Å². The predicted octanol–water partition coefficient (Wildman–Crippen LogP) is 4.22. The third-order valence-corrected chi connectivity index (χ3v) is 4.09. The van der Waals surface area contributed by atoms with Crippen LogP contribution in [0.3, 0.4) is 0 Å². The van der Waals surface area contributed by atoms with Gasteiger partial charge in [0.15, 0.2) is 0 Å². The van der Waals surface area contributed by atoms with Gasteiger partial charge in [-0.05, 0) is 51.1 Å². The predicted molar refractivity (Wildman–Crippen MR) is 87.6 cm³/mol.